The molecule has 24 heavy (non-hydrogen) atoms. The fraction of sp³-hybridized carbons (Fsp3) is 0.294. The Hall–Kier alpha value is -2.96. The SMILES string of the molecule is CCc1cccc(CC)c1NC(N)=NCc1nc2ncccn2n1. The van der Waals surface area contributed by atoms with E-state index in [-0.39, 0.29) is 0 Å². The second-order valence-corrected chi connectivity index (χ2v) is 5.38. The number of nitrogens with zero attached hydrogens (tertiary/aromatic N) is 5. The molecular weight excluding hydrogens is 302 g/mol. The Morgan fingerprint density at radius 1 is 1.21 bits per heavy atom. The number of fused-ring (bicyclic) bond motifs is 1. The minimum atomic E-state index is 0.304. The first kappa shape index (κ1) is 15.9. The van der Waals surface area contributed by atoms with E-state index in [4.69, 9.17) is 5.73 Å². The number of nitrogens with one attached hydrogen (secondary N) is 1. The third kappa shape index (κ3) is 3.34. The van der Waals surface area contributed by atoms with Gasteiger partial charge < -0.3 is 11.1 Å². The maximum atomic E-state index is 6.06. The van der Waals surface area contributed by atoms with Crippen LogP contribution in [0, 0.1) is 0 Å². The highest BCUT2D eigenvalue weighted by Crippen LogP contribution is 2.22. The van der Waals surface area contributed by atoms with Crippen LogP contribution in [0.3, 0.4) is 0 Å². The topological polar surface area (TPSA) is 93.5 Å². The molecule has 0 spiro atoms. The van der Waals surface area contributed by atoms with Crippen molar-refractivity contribution in [2.24, 2.45) is 10.7 Å². The molecule has 0 aliphatic carbocycles. The highest BCUT2D eigenvalue weighted by atomic mass is 15.3. The minimum absolute atomic E-state index is 0.304. The molecule has 2 heterocycles. The molecule has 3 aromatic rings. The summed E-state index contributed by atoms with van der Waals surface area (Å²) in [5.41, 5.74) is 9.55. The van der Waals surface area contributed by atoms with Gasteiger partial charge >= 0.3 is 0 Å². The van der Waals surface area contributed by atoms with Crippen molar-refractivity contribution >= 4 is 17.4 Å². The van der Waals surface area contributed by atoms with Gasteiger partial charge in [0.2, 0.25) is 0 Å². The molecule has 0 radical (unpaired) electrons. The maximum Gasteiger partial charge on any atom is 0.252 e. The van der Waals surface area contributed by atoms with Gasteiger partial charge in [-0.2, -0.15) is 4.98 Å². The number of guanidine groups is 1. The van der Waals surface area contributed by atoms with Crippen molar-refractivity contribution in [3.63, 3.8) is 0 Å². The molecule has 0 saturated carbocycles. The molecule has 124 valence electrons. The van der Waals surface area contributed by atoms with Crippen LogP contribution in [0.15, 0.2) is 41.7 Å². The van der Waals surface area contributed by atoms with Gasteiger partial charge in [-0.25, -0.2) is 14.5 Å². The predicted octanol–water partition coefficient (Wildman–Crippen LogP) is 2.18. The van der Waals surface area contributed by atoms with E-state index in [0.29, 0.717) is 24.1 Å². The Morgan fingerprint density at radius 3 is 2.62 bits per heavy atom. The minimum Gasteiger partial charge on any atom is -0.370 e. The molecule has 0 amide bonds. The molecule has 2 aromatic heterocycles. The van der Waals surface area contributed by atoms with Gasteiger partial charge in [-0.3, -0.25) is 0 Å². The van der Waals surface area contributed by atoms with Crippen LogP contribution >= 0.6 is 0 Å². The van der Waals surface area contributed by atoms with Crippen molar-refractivity contribution in [3.05, 3.63) is 53.6 Å². The highest BCUT2D eigenvalue weighted by molar-refractivity contribution is 5.93. The monoisotopic (exact) mass is 323 g/mol. The predicted molar refractivity (Wildman–Crippen MR) is 94.9 cm³/mol. The lowest BCUT2D eigenvalue weighted by atomic mass is 10.0. The number of aliphatic imine (C=N–C) groups is 1. The quantitative estimate of drug-likeness (QED) is 0.554. The van der Waals surface area contributed by atoms with Gasteiger partial charge in [0.25, 0.3) is 5.78 Å². The van der Waals surface area contributed by atoms with E-state index < -0.39 is 0 Å². The van der Waals surface area contributed by atoms with Crippen LogP contribution in [-0.2, 0) is 19.4 Å². The van der Waals surface area contributed by atoms with Gasteiger partial charge in [0.05, 0.1) is 0 Å². The Bertz CT molecular complexity index is 811. The lowest BCUT2D eigenvalue weighted by Gasteiger charge is -2.14. The summed E-state index contributed by atoms with van der Waals surface area (Å²) >= 11 is 0. The zero-order chi connectivity index (χ0) is 16.9. The second kappa shape index (κ2) is 7.08. The van der Waals surface area contributed by atoms with Gasteiger partial charge in [0.1, 0.15) is 6.54 Å². The second-order valence-electron chi connectivity index (χ2n) is 5.38. The van der Waals surface area contributed by atoms with Gasteiger partial charge in [0.15, 0.2) is 11.8 Å². The van der Waals surface area contributed by atoms with E-state index in [1.165, 1.54) is 11.1 Å². The maximum absolute atomic E-state index is 6.06. The first-order valence-electron chi connectivity index (χ1n) is 8.05. The van der Waals surface area contributed by atoms with Crippen LogP contribution in [0.2, 0.25) is 0 Å². The summed E-state index contributed by atoms with van der Waals surface area (Å²) in [5.74, 6) is 1.49. The van der Waals surface area contributed by atoms with Crippen molar-refractivity contribution in [1.29, 1.82) is 0 Å². The van der Waals surface area contributed by atoms with Crippen molar-refractivity contribution in [1.82, 2.24) is 19.6 Å². The normalized spacial score (nSPS) is 11.8. The number of hydrogen-bond donors (Lipinski definition) is 2. The summed E-state index contributed by atoms with van der Waals surface area (Å²) in [7, 11) is 0. The van der Waals surface area contributed by atoms with E-state index in [9.17, 15) is 0 Å². The zero-order valence-electron chi connectivity index (χ0n) is 13.9. The van der Waals surface area contributed by atoms with E-state index in [1.807, 2.05) is 0 Å². The third-order valence-corrected chi connectivity index (χ3v) is 3.80. The van der Waals surface area contributed by atoms with Gasteiger partial charge in [-0.15, -0.1) is 5.10 Å². The van der Waals surface area contributed by atoms with E-state index in [0.717, 1.165) is 18.5 Å². The highest BCUT2D eigenvalue weighted by Gasteiger charge is 2.08. The molecule has 0 atom stereocenters. The number of rotatable bonds is 5. The molecule has 7 heteroatoms. The summed E-state index contributed by atoms with van der Waals surface area (Å²) in [6.07, 6.45) is 5.35. The van der Waals surface area contributed by atoms with Crippen LogP contribution in [0.4, 0.5) is 5.69 Å². The Balaban J connectivity index is 1.77. The molecular formula is C17H21N7. The molecule has 0 saturated heterocycles. The number of benzene rings is 1. The average molecular weight is 323 g/mol. The van der Waals surface area contributed by atoms with Crippen LogP contribution in [0.25, 0.3) is 5.78 Å². The smallest absolute Gasteiger partial charge is 0.252 e. The average Bonchev–Trinajstić information content (AvgIpc) is 3.03. The molecule has 0 fully saturated rings. The molecule has 1 aromatic carbocycles. The molecule has 3 rings (SSSR count). The molecule has 3 N–H and O–H groups in total. The van der Waals surface area contributed by atoms with Crippen molar-refractivity contribution < 1.29 is 0 Å². The van der Waals surface area contributed by atoms with Crippen LogP contribution in [0.1, 0.15) is 30.8 Å². The number of nitrogens with two attached hydrogens (primary N) is 1. The standard InChI is InChI=1S/C17H21N7/c1-3-12-7-5-8-13(4-2)15(12)22-16(18)20-11-14-21-17-19-9-6-10-24(17)23-14/h5-10H,3-4,11H2,1-2H3,(H3,18,20,22). The Morgan fingerprint density at radius 2 is 1.96 bits per heavy atom. The molecule has 0 unspecified atom stereocenters. The van der Waals surface area contributed by atoms with Crippen LogP contribution in [0.5, 0.6) is 0 Å². The lowest BCUT2D eigenvalue weighted by molar-refractivity contribution is 0.864. The zero-order valence-corrected chi connectivity index (χ0v) is 13.9. The summed E-state index contributed by atoms with van der Waals surface area (Å²) in [6, 6.07) is 8.08. The molecule has 0 aliphatic rings. The van der Waals surface area contributed by atoms with Crippen LogP contribution in [-0.4, -0.2) is 25.5 Å². The number of aromatic nitrogens is 4. The fourth-order valence-corrected chi connectivity index (χ4v) is 2.57. The van der Waals surface area contributed by atoms with E-state index in [1.54, 1.807) is 23.0 Å². The van der Waals surface area contributed by atoms with Gasteiger partial charge in [0, 0.05) is 18.1 Å². The molecule has 0 bridgehead atoms. The number of anilines is 1. The Kier molecular flexibility index (Phi) is 4.69. The van der Waals surface area contributed by atoms with Crippen molar-refractivity contribution in [2.75, 3.05) is 5.32 Å². The largest absolute Gasteiger partial charge is 0.370 e. The van der Waals surface area contributed by atoms with Crippen molar-refractivity contribution in [3.8, 4) is 0 Å². The van der Waals surface area contributed by atoms with E-state index in [2.05, 4.69) is 57.4 Å². The summed E-state index contributed by atoms with van der Waals surface area (Å²) in [5, 5.41) is 7.55. The Labute approximate surface area is 140 Å². The number of para-hydroxylation sites is 1. The first-order valence-corrected chi connectivity index (χ1v) is 8.05. The van der Waals surface area contributed by atoms with Crippen LogP contribution < -0.4 is 11.1 Å². The number of aryl methyl sites for hydroxylation is 2. The van der Waals surface area contributed by atoms with E-state index >= 15 is 0 Å². The molecule has 7 nitrogen and oxygen atoms in total. The summed E-state index contributed by atoms with van der Waals surface area (Å²) < 4.78 is 1.62. The lowest BCUT2D eigenvalue weighted by Crippen LogP contribution is -2.24. The fourth-order valence-electron chi connectivity index (χ4n) is 2.57. The first-order chi connectivity index (χ1) is 11.7. The molecule has 0 aliphatic heterocycles. The third-order valence-electron chi connectivity index (χ3n) is 3.80. The number of hydrogen-bond acceptors (Lipinski definition) is 4. The summed E-state index contributed by atoms with van der Waals surface area (Å²) in [4.78, 5) is 12.8. The van der Waals surface area contributed by atoms with Gasteiger partial charge in [-0.1, -0.05) is 32.0 Å². The van der Waals surface area contributed by atoms with Gasteiger partial charge in [-0.05, 0) is 30.0 Å². The van der Waals surface area contributed by atoms with Crippen molar-refractivity contribution in [2.45, 2.75) is 33.2 Å². The summed E-state index contributed by atoms with van der Waals surface area (Å²) in [6.45, 7) is 4.56.